The van der Waals surface area contributed by atoms with Gasteiger partial charge >= 0.3 is 5.88 Å². The van der Waals surface area contributed by atoms with E-state index in [0.29, 0.717) is 0 Å². The molecule has 24 heavy (non-hydrogen) atoms. The van der Waals surface area contributed by atoms with Gasteiger partial charge in [0.1, 0.15) is 4.92 Å². The fraction of sp³-hybridized carbons (Fsp3) is 0.214. The van der Waals surface area contributed by atoms with Crippen LogP contribution in [0.3, 0.4) is 0 Å². The van der Waals surface area contributed by atoms with Crippen molar-refractivity contribution in [3.8, 4) is 0 Å². The first-order valence-corrected chi connectivity index (χ1v) is 8.37. The Kier molecular flexibility index (Phi) is 5.31. The molecule has 0 bridgehead atoms. The van der Waals surface area contributed by atoms with Gasteiger partial charge in [-0.25, -0.2) is 13.1 Å². The fourth-order valence-corrected chi connectivity index (χ4v) is 2.83. The first kappa shape index (κ1) is 17.6. The number of nitrogens with one attached hydrogen (secondary N) is 2. The monoisotopic (exact) mass is 353 g/mol. The van der Waals surface area contributed by atoms with E-state index in [1.807, 2.05) is 6.92 Å². The van der Waals surface area contributed by atoms with Gasteiger partial charge in [0.2, 0.25) is 10.0 Å². The standard InChI is InChI=1S/C14H15N3O6S/c1-10-2-4-11(5-3-10)24(21,22)16-9-8-15-14(18)12-6-7-13(23-12)17(19)20/h2-7,16H,8-9H2,1H3,(H,15,18). The Morgan fingerprint density at radius 1 is 1.17 bits per heavy atom. The molecular weight excluding hydrogens is 338 g/mol. The molecule has 0 spiro atoms. The Morgan fingerprint density at radius 2 is 1.83 bits per heavy atom. The topological polar surface area (TPSA) is 132 Å². The van der Waals surface area contributed by atoms with E-state index < -0.39 is 26.7 Å². The summed E-state index contributed by atoms with van der Waals surface area (Å²) in [6, 6.07) is 8.57. The molecule has 0 aliphatic heterocycles. The van der Waals surface area contributed by atoms with Crippen molar-refractivity contribution in [1.29, 1.82) is 0 Å². The second-order valence-electron chi connectivity index (χ2n) is 4.86. The number of nitrogens with zero attached hydrogens (tertiary/aromatic N) is 1. The molecule has 0 fully saturated rings. The van der Waals surface area contributed by atoms with Gasteiger partial charge in [-0.3, -0.25) is 14.9 Å². The lowest BCUT2D eigenvalue weighted by atomic mass is 10.2. The summed E-state index contributed by atoms with van der Waals surface area (Å²) in [4.78, 5) is 21.5. The third-order valence-corrected chi connectivity index (χ3v) is 4.51. The Morgan fingerprint density at radius 3 is 2.42 bits per heavy atom. The summed E-state index contributed by atoms with van der Waals surface area (Å²) in [6.45, 7) is 1.81. The molecule has 1 heterocycles. The molecule has 0 unspecified atom stereocenters. The lowest BCUT2D eigenvalue weighted by Crippen LogP contribution is -2.34. The van der Waals surface area contributed by atoms with E-state index in [1.54, 1.807) is 12.1 Å². The Balaban J connectivity index is 1.84. The van der Waals surface area contributed by atoms with Crippen LogP contribution in [0.4, 0.5) is 5.88 Å². The van der Waals surface area contributed by atoms with E-state index in [2.05, 4.69) is 10.0 Å². The van der Waals surface area contributed by atoms with E-state index in [4.69, 9.17) is 4.42 Å². The van der Waals surface area contributed by atoms with Gasteiger partial charge in [0, 0.05) is 13.1 Å². The van der Waals surface area contributed by atoms with Gasteiger partial charge in [-0.05, 0) is 25.1 Å². The smallest absolute Gasteiger partial charge is 0.395 e. The predicted molar refractivity (Wildman–Crippen MR) is 84.1 cm³/mol. The largest absolute Gasteiger partial charge is 0.433 e. The molecular formula is C14H15N3O6S. The number of sulfonamides is 1. The number of carbonyl (C=O) groups excluding carboxylic acids is 1. The molecule has 0 aliphatic rings. The van der Waals surface area contributed by atoms with Crippen LogP contribution >= 0.6 is 0 Å². The minimum absolute atomic E-state index is 0.00157. The third kappa shape index (κ3) is 4.40. The molecule has 0 atom stereocenters. The molecule has 1 aromatic heterocycles. The van der Waals surface area contributed by atoms with Crippen molar-refractivity contribution in [3.63, 3.8) is 0 Å². The van der Waals surface area contributed by atoms with Gasteiger partial charge in [-0.1, -0.05) is 17.7 Å². The average Bonchev–Trinajstić information content (AvgIpc) is 3.02. The number of carbonyl (C=O) groups is 1. The maximum Gasteiger partial charge on any atom is 0.433 e. The Bertz CT molecular complexity index is 842. The van der Waals surface area contributed by atoms with Crippen molar-refractivity contribution >= 4 is 21.8 Å². The minimum atomic E-state index is -3.66. The number of rotatable bonds is 7. The van der Waals surface area contributed by atoms with Crippen LogP contribution in [0.1, 0.15) is 16.1 Å². The Labute approximate surface area is 137 Å². The van der Waals surface area contributed by atoms with Crippen LogP contribution in [-0.2, 0) is 10.0 Å². The van der Waals surface area contributed by atoms with Crippen molar-refractivity contribution in [2.75, 3.05) is 13.1 Å². The summed E-state index contributed by atoms with van der Waals surface area (Å²) in [5.74, 6) is -1.43. The van der Waals surface area contributed by atoms with Crippen molar-refractivity contribution in [3.05, 3.63) is 57.8 Å². The summed E-state index contributed by atoms with van der Waals surface area (Å²) >= 11 is 0. The molecule has 2 aromatic rings. The molecule has 2 N–H and O–H groups in total. The van der Waals surface area contributed by atoms with Gasteiger partial charge in [0.25, 0.3) is 5.91 Å². The van der Waals surface area contributed by atoms with E-state index in [0.717, 1.165) is 11.6 Å². The molecule has 128 valence electrons. The number of nitro groups is 1. The maximum atomic E-state index is 12.0. The molecule has 2 rings (SSSR count). The molecule has 0 saturated heterocycles. The minimum Gasteiger partial charge on any atom is -0.395 e. The van der Waals surface area contributed by atoms with E-state index in [-0.39, 0.29) is 23.7 Å². The third-order valence-electron chi connectivity index (χ3n) is 3.03. The van der Waals surface area contributed by atoms with Crippen LogP contribution in [0.2, 0.25) is 0 Å². The van der Waals surface area contributed by atoms with Crippen LogP contribution in [0, 0.1) is 17.0 Å². The number of furan rings is 1. The first-order chi connectivity index (χ1) is 11.3. The van der Waals surface area contributed by atoms with Gasteiger partial charge in [-0.15, -0.1) is 0 Å². The van der Waals surface area contributed by atoms with E-state index in [1.165, 1.54) is 18.2 Å². The molecule has 0 radical (unpaired) electrons. The highest BCUT2D eigenvalue weighted by molar-refractivity contribution is 7.89. The van der Waals surface area contributed by atoms with Crippen molar-refractivity contribution < 1.29 is 22.6 Å². The van der Waals surface area contributed by atoms with Gasteiger partial charge in [0.05, 0.1) is 11.0 Å². The van der Waals surface area contributed by atoms with Crippen LogP contribution in [0.25, 0.3) is 0 Å². The summed E-state index contributed by atoms with van der Waals surface area (Å²) in [7, 11) is -3.66. The zero-order valence-electron chi connectivity index (χ0n) is 12.7. The average molecular weight is 353 g/mol. The lowest BCUT2D eigenvalue weighted by Gasteiger charge is -2.07. The molecule has 0 saturated carbocycles. The Hall–Kier alpha value is -2.72. The fourth-order valence-electron chi connectivity index (χ4n) is 1.80. The lowest BCUT2D eigenvalue weighted by molar-refractivity contribution is -0.402. The predicted octanol–water partition coefficient (Wildman–Crippen LogP) is 1.20. The molecule has 1 amide bonds. The number of hydrogen-bond acceptors (Lipinski definition) is 6. The zero-order valence-corrected chi connectivity index (χ0v) is 13.5. The van der Waals surface area contributed by atoms with Gasteiger partial charge in [-0.2, -0.15) is 0 Å². The summed E-state index contributed by atoms with van der Waals surface area (Å²) in [5.41, 5.74) is 0.939. The van der Waals surface area contributed by atoms with E-state index in [9.17, 15) is 23.3 Å². The first-order valence-electron chi connectivity index (χ1n) is 6.88. The van der Waals surface area contributed by atoms with Gasteiger partial charge in [0.15, 0.2) is 5.76 Å². The number of benzene rings is 1. The highest BCUT2D eigenvalue weighted by atomic mass is 32.2. The number of amides is 1. The van der Waals surface area contributed by atoms with Gasteiger partial charge < -0.3 is 9.73 Å². The van der Waals surface area contributed by atoms with Crippen LogP contribution in [-0.4, -0.2) is 32.3 Å². The quantitative estimate of drug-likeness (QED) is 0.437. The second kappa shape index (κ2) is 7.23. The van der Waals surface area contributed by atoms with E-state index >= 15 is 0 Å². The molecule has 0 aliphatic carbocycles. The zero-order chi connectivity index (χ0) is 17.7. The SMILES string of the molecule is Cc1ccc(S(=O)(=O)NCCNC(=O)c2ccc([N+](=O)[O-])o2)cc1. The van der Waals surface area contributed by atoms with Crippen molar-refractivity contribution in [2.24, 2.45) is 0 Å². The molecule has 10 heteroatoms. The second-order valence-corrected chi connectivity index (χ2v) is 6.63. The van der Waals surface area contributed by atoms with Crippen LogP contribution in [0.5, 0.6) is 0 Å². The maximum absolute atomic E-state index is 12.0. The van der Waals surface area contributed by atoms with Crippen LogP contribution in [0.15, 0.2) is 45.7 Å². The normalized spacial score (nSPS) is 11.2. The highest BCUT2D eigenvalue weighted by Crippen LogP contribution is 2.15. The summed E-state index contributed by atoms with van der Waals surface area (Å²) < 4.78 is 31.1. The molecule has 9 nitrogen and oxygen atoms in total. The highest BCUT2D eigenvalue weighted by Gasteiger charge is 2.17. The summed E-state index contributed by atoms with van der Waals surface area (Å²) in [5, 5.41) is 12.9. The molecule has 1 aromatic carbocycles. The van der Waals surface area contributed by atoms with Crippen molar-refractivity contribution in [1.82, 2.24) is 10.0 Å². The number of aryl methyl sites for hydroxylation is 1. The van der Waals surface area contributed by atoms with Crippen molar-refractivity contribution in [2.45, 2.75) is 11.8 Å². The van der Waals surface area contributed by atoms with Crippen LogP contribution < -0.4 is 10.0 Å². The number of hydrogen-bond donors (Lipinski definition) is 2. The summed E-state index contributed by atoms with van der Waals surface area (Å²) in [6.07, 6.45) is 0.